The third-order valence-corrected chi connectivity index (χ3v) is 2.77. The fourth-order valence-corrected chi connectivity index (χ4v) is 1.60. The van der Waals surface area contributed by atoms with Crippen molar-refractivity contribution in [3.05, 3.63) is 11.8 Å². The summed E-state index contributed by atoms with van der Waals surface area (Å²) in [6.45, 7) is 2.18. The number of nitrogens with zero attached hydrogens (tertiary/aromatic N) is 3. The van der Waals surface area contributed by atoms with Crippen LogP contribution in [0.4, 0.5) is 5.82 Å². The number of amides is 1. The maximum atomic E-state index is 11.8. The van der Waals surface area contributed by atoms with Gasteiger partial charge < -0.3 is 10.6 Å². The van der Waals surface area contributed by atoms with Crippen LogP contribution in [0.15, 0.2) is 6.07 Å². The average molecular weight is 208 g/mol. The molecule has 5 nitrogen and oxygen atoms in total. The molecule has 0 aromatic carbocycles. The Bertz CT molecular complexity index is 381. The molecular formula is C10H16N4O. The summed E-state index contributed by atoms with van der Waals surface area (Å²) >= 11 is 0. The first-order valence-corrected chi connectivity index (χ1v) is 5.13. The number of aryl methyl sites for hydroxylation is 1. The second kappa shape index (κ2) is 3.56. The van der Waals surface area contributed by atoms with Crippen LogP contribution < -0.4 is 5.73 Å². The van der Waals surface area contributed by atoms with Gasteiger partial charge in [-0.05, 0) is 19.8 Å². The van der Waals surface area contributed by atoms with Crippen molar-refractivity contribution in [2.75, 3.05) is 12.8 Å². The summed E-state index contributed by atoms with van der Waals surface area (Å²) in [5, 5.41) is 4.06. The molecule has 1 amide bonds. The first-order valence-electron chi connectivity index (χ1n) is 5.13. The highest BCUT2D eigenvalue weighted by molar-refractivity contribution is 5.76. The number of carbonyl (C=O) groups excluding carboxylic acids is 1. The fraction of sp³-hybridized carbons (Fsp3) is 0.600. The lowest BCUT2D eigenvalue weighted by atomic mass is 10.4. The number of aromatic nitrogens is 2. The zero-order valence-corrected chi connectivity index (χ0v) is 9.10. The number of hydrogen-bond acceptors (Lipinski definition) is 3. The number of likely N-dealkylation sites (N-methyl/N-ethyl adjacent to an activating group) is 1. The van der Waals surface area contributed by atoms with Gasteiger partial charge in [-0.2, -0.15) is 5.10 Å². The molecule has 1 fully saturated rings. The molecule has 2 rings (SSSR count). The van der Waals surface area contributed by atoms with Crippen molar-refractivity contribution in [1.29, 1.82) is 0 Å². The molecule has 0 radical (unpaired) electrons. The summed E-state index contributed by atoms with van der Waals surface area (Å²) in [5.74, 6) is 0.568. The standard InChI is InChI=1S/C10H16N4O/c1-7-5-9(11)12-14(7)6-10(15)13(2)8-3-4-8/h5,8H,3-4,6H2,1-2H3,(H2,11,12). The van der Waals surface area contributed by atoms with Crippen LogP contribution in [0.1, 0.15) is 18.5 Å². The van der Waals surface area contributed by atoms with Crippen LogP contribution in [0.25, 0.3) is 0 Å². The Labute approximate surface area is 88.8 Å². The molecule has 0 spiro atoms. The van der Waals surface area contributed by atoms with Crippen molar-refractivity contribution in [1.82, 2.24) is 14.7 Å². The Morgan fingerprint density at radius 3 is 2.87 bits per heavy atom. The molecule has 2 N–H and O–H groups in total. The van der Waals surface area contributed by atoms with Gasteiger partial charge in [0.25, 0.3) is 0 Å². The normalized spacial score (nSPS) is 15.3. The fourth-order valence-electron chi connectivity index (χ4n) is 1.60. The number of nitrogen functional groups attached to an aromatic ring is 1. The molecule has 0 unspecified atom stereocenters. The molecule has 1 aromatic rings. The largest absolute Gasteiger partial charge is 0.382 e. The topological polar surface area (TPSA) is 64.1 Å². The summed E-state index contributed by atoms with van der Waals surface area (Å²) < 4.78 is 1.65. The van der Waals surface area contributed by atoms with Gasteiger partial charge >= 0.3 is 0 Å². The molecule has 1 aromatic heterocycles. The Balaban J connectivity index is 2.01. The van der Waals surface area contributed by atoms with Gasteiger partial charge in [0.1, 0.15) is 12.4 Å². The van der Waals surface area contributed by atoms with E-state index in [1.807, 2.05) is 14.0 Å². The summed E-state index contributed by atoms with van der Waals surface area (Å²) in [7, 11) is 1.85. The van der Waals surface area contributed by atoms with Crippen molar-refractivity contribution in [3.8, 4) is 0 Å². The molecule has 0 aliphatic heterocycles. The van der Waals surface area contributed by atoms with E-state index in [1.165, 1.54) is 0 Å². The van der Waals surface area contributed by atoms with Gasteiger partial charge in [0, 0.05) is 24.8 Å². The first kappa shape index (κ1) is 10.0. The van der Waals surface area contributed by atoms with Crippen molar-refractivity contribution in [2.45, 2.75) is 32.4 Å². The highest BCUT2D eigenvalue weighted by Gasteiger charge is 2.29. The summed E-state index contributed by atoms with van der Waals surface area (Å²) in [5.41, 5.74) is 6.47. The molecule has 0 bridgehead atoms. The van der Waals surface area contributed by atoms with Gasteiger partial charge in [-0.25, -0.2) is 0 Å². The predicted octanol–water partition coefficient (Wildman–Crippen LogP) is 0.395. The first-order chi connectivity index (χ1) is 7.08. The zero-order chi connectivity index (χ0) is 11.0. The molecule has 1 aliphatic carbocycles. The average Bonchev–Trinajstić information content (AvgIpc) is 2.94. The SMILES string of the molecule is Cc1cc(N)nn1CC(=O)N(C)C1CC1. The molecule has 1 saturated carbocycles. The molecule has 0 atom stereocenters. The third-order valence-electron chi connectivity index (χ3n) is 2.77. The van der Waals surface area contributed by atoms with Gasteiger partial charge in [-0.1, -0.05) is 0 Å². The van der Waals surface area contributed by atoms with Crippen molar-refractivity contribution < 1.29 is 4.79 Å². The number of hydrogen-bond donors (Lipinski definition) is 1. The molecule has 1 aliphatic rings. The number of nitrogens with two attached hydrogens (primary N) is 1. The molecule has 0 saturated heterocycles. The van der Waals surface area contributed by atoms with E-state index in [2.05, 4.69) is 5.10 Å². The summed E-state index contributed by atoms with van der Waals surface area (Å²) in [6.07, 6.45) is 2.25. The van der Waals surface area contributed by atoms with E-state index in [0.717, 1.165) is 18.5 Å². The van der Waals surface area contributed by atoms with Gasteiger partial charge in [0.2, 0.25) is 5.91 Å². The Morgan fingerprint density at radius 1 is 1.73 bits per heavy atom. The maximum Gasteiger partial charge on any atom is 0.244 e. The van der Waals surface area contributed by atoms with Gasteiger partial charge in [0.05, 0.1) is 0 Å². The lowest BCUT2D eigenvalue weighted by Gasteiger charge is -2.16. The number of rotatable bonds is 3. The van der Waals surface area contributed by atoms with E-state index in [9.17, 15) is 4.79 Å². The Morgan fingerprint density at radius 2 is 2.40 bits per heavy atom. The lowest BCUT2D eigenvalue weighted by Crippen LogP contribution is -2.32. The van der Waals surface area contributed by atoms with E-state index >= 15 is 0 Å². The number of anilines is 1. The van der Waals surface area contributed by atoms with E-state index in [-0.39, 0.29) is 12.5 Å². The quantitative estimate of drug-likeness (QED) is 0.781. The minimum Gasteiger partial charge on any atom is -0.382 e. The summed E-state index contributed by atoms with van der Waals surface area (Å²) in [4.78, 5) is 13.6. The Kier molecular flexibility index (Phi) is 2.38. The third kappa shape index (κ3) is 2.11. The highest BCUT2D eigenvalue weighted by Crippen LogP contribution is 2.25. The van der Waals surface area contributed by atoms with Crippen LogP contribution in [-0.4, -0.2) is 33.7 Å². The zero-order valence-electron chi connectivity index (χ0n) is 9.10. The minimum absolute atomic E-state index is 0.101. The van der Waals surface area contributed by atoms with E-state index in [1.54, 1.807) is 15.6 Å². The Hall–Kier alpha value is -1.52. The van der Waals surface area contributed by atoms with E-state index in [4.69, 9.17) is 5.73 Å². The van der Waals surface area contributed by atoms with E-state index in [0.29, 0.717) is 11.9 Å². The smallest absolute Gasteiger partial charge is 0.244 e. The van der Waals surface area contributed by atoms with Crippen LogP contribution >= 0.6 is 0 Å². The molecule has 1 heterocycles. The second-order valence-corrected chi connectivity index (χ2v) is 4.10. The second-order valence-electron chi connectivity index (χ2n) is 4.10. The highest BCUT2D eigenvalue weighted by atomic mass is 16.2. The lowest BCUT2D eigenvalue weighted by molar-refractivity contribution is -0.131. The van der Waals surface area contributed by atoms with Gasteiger partial charge in [0.15, 0.2) is 0 Å². The molecule has 5 heteroatoms. The van der Waals surface area contributed by atoms with Gasteiger partial charge in [-0.3, -0.25) is 9.48 Å². The molecule has 82 valence electrons. The molecule has 15 heavy (non-hydrogen) atoms. The van der Waals surface area contributed by atoms with Crippen LogP contribution in [0, 0.1) is 6.92 Å². The van der Waals surface area contributed by atoms with Gasteiger partial charge in [-0.15, -0.1) is 0 Å². The van der Waals surface area contributed by atoms with Crippen molar-refractivity contribution in [3.63, 3.8) is 0 Å². The van der Waals surface area contributed by atoms with Crippen molar-refractivity contribution >= 4 is 11.7 Å². The predicted molar refractivity (Wildman–Crippen MR) is 57.2 cm³/mol. The summed E-state index contributed by atoms with van der Waals surface area (Å²) in [6, 6.07) is 2.22. The van der Waals surface area contributed by atoms with Crippen LogP contribution in [-0.2, 0) is 11.3 Å². The molecular weight excluding hydrogens is 192 g/mol. The minimum atomic E-state index is 0.101. The number of carbonyl (C=O) groups is 1. The van der Waals surface area contributed by atoms with Crippen LogP contribution in [0.3, 0.4) is 0 Å². The van der Waals surface area contributed by atoms with Crippen LogP contribution in [0.2, 0.25) is 0 Å². The maximum absolute atomic E-state index is 11.8. The van der Waals surface area contributed by atoms with Crippen molar-refractivity contribution in [2.24, 2.45) is 0 Å². The van der Waals surface area contributed by atoms with Crippen LogP contribution in [0.5, 0.6) is 0 Å². The monoisotopic (exact) mass is 208 g/mol. The van der Waals surface area contributed by atoms with E-state index < -0.39 is 0 Å².